The Hall–Kier alpha value is -2.41. The van der Waals surface area contributed by atoms with E-state index in [1.165, 1.54) is 38.5 Å². The molecule has 0 aromatic heterocycles. The highest BCUT2D eigenvalue weighted by molar-refractivity contribution is 6.01. The topological polar surface area (TPSA) is 98.7 Å². The van der Waals surface area contributed by atoms with Crippen molar-refractivity contribution < 1.29 is 19.5 Å². The highest BCUT2D eigenvalue weighted by Gasteiger charge is 2.36. The molecule has 7 nitrogen and oxygen atoms in total. The monoisotopic (exact) mass is 455 g/mol. The molecule has 3 unspecified atom stereocenters. The van der Waals surface area contributed by atoms with E-state index in [0.29, 0.717) is 37.0 Å². The summed E-state index contributed by atoms with van der Waals surface area (Å²) in [5.74, 6) is 0.157. The molecule has 1 saturated carbocycles. The van der Waals surface area contributed by atoms with Crippen LogP contribution in [-0.2, 0) is 14.4 Å². The van der Waals surface area contributed by atoms with Gasteiger partial charge in [-0.3, -0.25) is 14.4 Å². The van der Waals surface area contributed by atoms with E-state index < -0.39 is 11.9 Å². The van der Waals surface area contributed by atoms with Crippen molar-refractivity contribution in [3.8, 4) is 0 Å². The summed E-state index contributed by atoms with van der Waals surface area (Å²) < 4.78 is 0. The molecule has 1 aromatic carbocycles. The number of carboxylic acids is 1. The molecule has 1 aliphatic carbocycles. The molecule has 0 radical (unpaired) electrons. The third kappa shape index (κ3) is 6.14. The molecular formula is C26H37N3O4. The summed E-state index contributed by atoms with van der Waals surface area (Å²) in [5.41, 5.74) is 1.56. The Morgan fingerprint density at radius 3 is 2.61 bits per heavy atom. The number of hydrogen-bond donors (Lipinski definition) is 3. The quantitative estimate of drug-likeness (QED) is 0.528. The molecule has 3 N–H and O–H groups in total. The Morgan fingerprint density at radius 1 is 1.06 bits per heavy atom. The maximum atomic E-state index is 13.7. The number of para-hydroxylation sites is 1. The molecule has 33 heavy (non-hydrogen) atoms. The molecule has 2 fully saturated rings. The summed E-state index contributed by atoms with van der Waals surface area (Å²) in [5, 5.41) is 15.5. The highest BCUT2D eigenvalue weighted by atomic mass is 16.4. The molecule has 2 aliphatic heterocycles. The van der Waals surface area contributed by atoms with Gasteiger partial charge >= 0.3 is 5.97 Å². The summed E-state index contributed by atoms with van der Waals surface area (Å²) >= 11 is 0. The van der Waals surface area contributed by atoms with Crippen LogP contribution in [0.4, 0.5) is 5.69 Å². The number of rotatable bonds is 9. The highest BCUT2D eigenvalue weighted by Crippen LogP contribution is 2.36. The summed E-state index contributed by atoms with van der Waals surface area (Å²) in [7, 11) is 0. The van der Waals surface area contributed by atoms with Gasteiger partial charge in [0.05, 0.1) is 5.92 Å². The number of aliphatic carboxylic acids is 1. The molecule has 180 valence electrons. The molecule has 0 bridgehead atoms. The standard InChI is InChI=1S/C26H37N3O4/c30-24-14-22(21-9-4-5-10-23(21)28-24)26(33)29(12-6-11-25(31)32)17-20-16-27-15-19(20)13-18-7-2-1-3-8-18/h4-5,9-10,18-20,22,27H,1-3,6-8,11-17H2,(H,28,30)(H,31,32). The van der Waals surface area contributed by atoms with Gasteiger partial charge in [0, 0.05) is 31.6 Å². The summed E-state index contributed by atoms with van der Waals surface area (Å²) in [4.78, 5) is 39.0. The van der Waals surface area contributed by atoms with Crippen LogP contribution in [0.1, 0.15) is 69.3 Å². The van der Waals surface area contributed by atoms with E-state index >= 15 is 0 Å². The van der Waals surface area contributed by atoms with Crippen molar-refractivity contribution in [2.45, 2.75) is 63.7 Å². The minimum atomic E-state index is -0.845. The van der Waals surface area contributed by atoms with Gasteiger partial charge in [0.2, 0.25) is 11.8 Å². The fraction of sp³-hybridized carbons (Fsp3) is 0.654. The number of fused-ring (bicyclic) bond motifs is 1. The molecule has 1 saturated heterocycles. The number of nitrogens with zero attached hydrogens (tertiary/aromatic N) is 1. The van der Waals surface area contributed by atoms with E-state index in [9.17, 15) is 14.4 Å². The van der Waals surface area contributed by atoms with Gasteiger partial charge in [-0.05, 0) is 55.3 Å². The van der Waals surface area contributed by atoms with E-state index in [0.717, 1.165) is 24.6 Å². The lowest BCUT2D eigenvalue weighted by Gasteiger charge is -2.34. The van der Waals surface area contributed by atoms with Crippen molar-refractivity contribution in [2.24, 2.45) is 17.8 Å². The number of hydrogen-bond acceptors (Lipinski definition) is 4. The Morgan fingerprint density at radius 2 is 1.82 bits per heavy atom. The van der Waals surface area contributed by atoms with Crippen LogP contribution in [0.25, 0.3) is 0 Å². The third-order valence-electron chi connectivity index (χ3n) is 7.72. The van der Waals surface area contributed by atoms with E-state index in [-0.39, 0.29) is 24.7 Å². The minimum absolute atomic E-state index is 0.0416. The van der Waals surface area contributed by atoms with Gasteiger partial charge < -0.3 is 20.6 Å². The Kier molecular flexibility index (Phi) is 8.02. The van der Waals surface area contributed by atoms with Gasteiger partial charge in [-0.2, -0.15) is 0 Å². The van der Waals surface area contributed by atoms with Crippen molar-refractivity contribution in [1.29, 1.82) is 0 Å². The lowest BCUT2D eigenvalue weighted by Crippen LogP contribution is -2.43. The zero-order valence-electron chi connectivity index (χ0n) is 19.4. The van der Waals surface area contributed by atoms with Crippen LogP contribution in [0.5, 0.6) is 0 Å². The lowest BCUT2D eigenvalue weighted by atomic mass is 9.79. The van der Waals surface area contributed by atoms with Gasteiger partial charge in [0.1, 0.15) is 0 Å². The zero-order chi connectivity index (χ0) is 23.2. The number of carbonyl (C=O) groups is 3. The van der Waals surface area contributed by atoms with Gasteiger partial charge in [0.15, 0.2) is 0 Å². The Bertz CT molecular complexity index is 852. The summed E-state index contributed by atoms with van der Waals surface area (Å²) in [6.07, 6.45) is 8.47. The molecule has 3 atom stereocenters. The lowest BCUT2D eigenvalue weighted by molar-refractivity contribution is -0.139. The van der Waals surface area contributed by atoms with E-state index in [2.05, 4.69) is 10.6 Å². The third-order valence-corrected chi connectivity index (χ3v) is 7.72. The second-order valence-corrected chi connectivity index (χ2v) is 10.1. The smallest absolute Gasteiger partial charge is 0.303 e. The first-order valence-electron chi connectivity index (χ1n) is 12.6. The second-order valence-electron chi connectivity index (χ2n) is 10.1. The van der Waals surface area contributed by atoms with Crippen LogP contribution in [-0.4, -0.2) is 54.0 Å². The molecular weight excluding hydrogens is 418 g/mol. The van der Waals surface area contributed by atoms with Gasteiger partial charge in [-0.15, -0.1) is 0 Å². The predicted molar refractivity (Wildman–Crippen MR) is 127 cm³/mol. The molecule has 2 amide bonds. The van der Waals surface area contributed by atoms with E-state index in [1.807, 2.05) is 29.2 Å². The number of carboxylic acid groups (broad SMARTS) is 1. The molecule has 7 heteroatoms. The van der Waals surface area contributed by atoms with Gasteiger partial charge in [-0.25, -0.2) is 0 Å². The number of nitrogens with one attached hydrogen (secondary N) is 2. The van der Waals surface area contributed by atoms with Crippen LogP contribution >= 0.6 is 0 Å². The Labute approximate surface area is 196 Å². The first kappa shape index (κ1) is 23.7. The van der Waals surface area contributed by atoms with Crippen LogP contribution < -0.4 is 10.6 Å². The SMILES string of the molecule is O=C(O)CCCN(CC1CNCC1CC1CCCCC1)C(=O)C1CC(=O)Nc2ccccc21. The molecule has 0 spiro atoms. The van der Waals surface area contributed by atoms with Crippen molar-refractivity contribution in [3.05, 3.63) is 29.8 Å². The van der Waals surface area contributed by atoms with Crippen LogP contribution in [0.15, 0.2) is 24.3 Å². The summed E-state index contributed by atoms with van der Waals surface area (Å²) in [6, 6.07) is 7.50. The van der Waals surface area contributed by atoms with Crippen molar-refractivity contribution in [3.63, 3.8) is 0 Å². The Balaban J connectivity index is 1.48. The first-order chi connectivity index (χ1) is 16.0. The van der Waals surface area contributed by atoms with E-state index in [1.54, 1.807) is 0 Å². The first-order valence-corrected chi connectivity index (χ1v) is 12.6. The normalized spacial score (nSPS) is 25.3. The second kappa shape index (κ2) is 11.1. The molecule has 4 rings (SSSR count). The van der Waals surface area contributed by atoms with Crippen molar-refractivity contribution >= 4 is 23.5 Å². The van der Waals surface area contributed by atoms with Crippen LogP contribution in [0.3, 0.4) is 0 Å². The number of benzene rings is 1. The van der Waals surface area contributed by atoms with Crippen molar-refractivity contribution in [2.75, 3.05) is 31.5 Å². The largest absolute Gasteiger partial charge is 0.481 e. The maximum Gasteiger partial charge on any atom is 0.303 e. The zero-order valence-corrected chi connectivity index (χ0v) is 19.4. The van der Waals surface area contributed by atoms with E-state index in [4.69, 9.17) is 5.11 Å². The number of amides is 2. The molecule has 2 heterocycles. The number of anilines is 1. The number of carbonyl (C=O) groups excluding carboxylic acids is 2. The van der Waals surface area contributed by atoms with Gasteiger partial charge in [-0.1, -0.05) is 50.3 Å². The van der Waals surface area contributed by atoms with Crippen LogP contribution in [0, 0.1) is 17.8 Å². The fourth-order valence-corrected chi connectivity index (χ4v) is 5.98. The minimum Gasteiger partial charge on any atom is -0.481 e. The maximum absolute atomic E-state index is 13.7. The van der Waals surface area contributed by atoms with Crippen LogP contribution in [0.2, 0.25) is 0 Å². The average Bonchev–Trinajstić information content (AvgIpc) is 3.24. The van der Waals surface area contributed by atoms with Crippen molar-refractivity contribution in [1.82, 2.24) is 10.2 Å². The summed E-state index contributed by atoms with van der Waals surface area (Å²) in [6.45, 7) is 2.93. The molecule has 3 aliphatic rings. The molecule has 1 aromatic rings. The van der Waals surface area contributed by atoms with Gasteiger partial charge in [0.25, 0.3) is 0 Å². The average molecular weight is 456 g/mol. The fourth-order valence-electron chi connectivity index (χ4n) is 5.98. The predicted octanol–water partition coefficient (Wildman–Crippen LogP) is 3.61.